The lowest BCUT2D eigenvalue weighted by Gasteiger charge is -2.21. The highest BCUT2D eigenvalue weighted by Crippen LogP contribution is 2.34. The third-order valence-electron chi connectivity index (χ3n) is 3.00. The molecule has 1 aromatic carbocycles. The van der Waals surface area contributed by atoms with Crippen LogP contribution in [-0.2, 0) is 0 Å². The molecule has 1 atom stereocenters. The first-order valence-electron chi connectivity index (χ1n) is 6.33. The van der Waals surface area contributed by atoms with Gasteiger partial charge in [0, 0.05) is 21.8 Å². The maximum absolute atomic E-state index is 6.31. The van der Waals surface area contributed by atoms with Gasteiger partial charge in [0.05, 0.1) is 19.3 Å². The summed E-state index contributed by atoms with van der Waals surface area (Å²) >= 11 is 12.6. The molecule has 0 aliphatic carbocycles. The van der Waals surface area contributed by atoms with Crippen LogP contribution in [0.2, 0.25) is 10.0 Å². The van der Waals surface area contributed by atoms with Crippen molar-refractivity contribution in [3.63, 3.8) is 0 Å². The Hall–Kier alpha value is -1.29. The van der Waals surface area contributed by atoms with Gasteiger partial charge in [0.15, 0.2) is 0 Å². The molecule has 0 aliphatic rings. The molecular formula is C15H16Cl2N2O. The highest BCUT2D eigenvalue weighted by Gasteiger charge is 2.19. The predicted molar refractivity (Wildman–Crippen MR) is 82.8 cm³/mol. The molecule has 0 saturated heterocycles. The van der Waals surface area contributed by atoms with E-state index in [1.165, 1.54) is 0 Å². The van der Waals surface area contributed by atoms with Crippen molar-refractivity contribution in [2.24, 2.45) is 0 Å². The van der Waals surface area contributed by atoms with Crippen LogP contribution >= 0.6 is 23.2 Å². The highest BCUT2D eigenvalue weighted by atomic mass is 35.5. The smallest absolute Gasteiger partial charge is 0.137 e. The average molecular weight is 311 g/mol. The number of halogens is 2. The minimum Gasteiger partial charge on any atom is -0.495 e. The van der Waals surface area contributed by atoms with Crippen LogP contribution in [0.25, 0.3) is 0 Å². The van der Waals surface area contributed by atoms with Gasteiger partial charge in [-0.2, -0.15) is 0 Å². The fourth-order valence-electron chi connectivity index (χ4n) is 2.08. The number of ether oxygens (including phenoxy) is 1. The molecule has 106 valence electrons. The first-order chi connectivity index (χ1) is 9.67. The second kappa shape index (κ2) is 6.93. The standard InChI is InChI=1S/C15H16Cl2N2O/c1-3-19-15(10-7-11(20-2)9-18-8-10)14-12(16)5-4-6-13(14)17/h4-9,15,19H,3H2,1-2H3. The van der Waals surface area contributed by atoms with E-state index in [1.54, 1.807) is 19.5 Å². The van der Waals surface area contributed by atoms with Crippen molar-refractivity contribution in [2.45, 2.75) is 13.0 Å². The summed E-state index contributed by atoms with van der Waals surface area (Å²) in [7, 11) is 1.62. The van der Waals surface area contributed by atoms with E-state index in [0.717, 1.165) is 17.7 Å². The Morgan fingerprint density at radius 2 is 1.95 bits per heavy atom. The van der Waals surface area contributed by atoms with Gasteiger partial charge in [0.2, 0.25) is 0 Å². The van der Waals surface area contributed by atoms with Crippen molar-refractivity contribution < 1.29 is 4.74 Å². The minimum absolute atomic E-state index is 0.121. The first-order valence-corrected chi connectivity index (χ1v) is 7.09. The molecule has 0 saturated carbocycles. The molecule has 0 amide bonds. The molecule has 1 N–H and O–H groups in total. The van der Waals surface area contributed by atoms with Gasteiger partial charge in [0.25, 0.3) is 0 Å². The summed E-state index contributed by atoms with van der Waals surface area (Å²) in [5.74, 6) is 0.702. The SMILES string of the molecule is CCNC(c1cncc(OC)c1)c1c(Cl)cccc1Cl. The molecule has 3 nitrogen and oxygen atoms in total. The average Bonchev–Trinajstić information content (AvgIpc) is 2.46. The molecule has 5 heteroatoms. The lowest BCUT2D eigenvalue weighted by atomic mass is 9.99. The van der Waals surface area contributed by atoms with Gasteiger partial charge < -0.3 is 10.1 Å². The molecule has 1 heterocycles. The van der Waals surface area contributed by atoms with Gasteiger partial charge >= 0.3 is 0 Å². The molecule has 0 fully saturated rings. The zero-order valence-corrected chi connectivity index (χ0v) is 12.9. The van der Waals surface area contributed by atoms with Crippen LogP contribution < -0.4 is 10.1 Å². The third kappa shape index (κ3) is 3.23. The summed E-state index contributed by atoms with van der Waals surface area (Å²) in [4.78, 5) is 4.19. The predicted octanol–water partition coefficient (Wildman–Crippen LogP) is 4.10. The maximum atomic E-state index is 6.31. The molecule has 1 unspecified atom stereocenters. The zero-order valence-electron chi connectivity index (χ0n) is 11.4. The molecule has 0 spiro atoms. The van der Waals surface area contributed by atoms with Crippen molar-refractivity contribution >= 4 is 23.2 Å². The largest absolute Gasteiger partial charge is 0.495 e. The Kier molecular flexibility index (Phi) is 5.24. The number of hydrogen-bond donors (Lipinski definition) is 1. The van der Waals surface area contributed by atoms with Crippen molar-refractivity contribution in [3.05, 3.63) is 57.8 Å². The van der Waals surface area contributed by atoms with Crippen molar-refractivity contribution in [1.82, 2.24) is 10.3 Å². The van der Waals surface area contributed by atoms with Crippen LogP contribution in [0.15, 0.2) is 36.7 Å². The van der Waals surface area contributed by atoms with Gasteiger partial charge in [-0.3, -0.25) is 4.98 Å². The number of nitrogens with one attached hydrogen (secondary N) is 1. The molecule has 0 radical (unpaired) electrons. The normalized spacial score (nSPS) is 12.2. The van der Waals surface area contributed by atoms with Gasteiger partial charge in [-0.25, -0.2) is 0 Å². The fraction of sp³-hybridized carbons (Fsp3) is 0.267. The third-order valence-corrected chi connectivity index (χ3v) is 3.66. The van der Waals surface area contributed by atoms with E-state index in [-0.39, 0.29) is 6.04 Å². The van der Waals surface area contributed by atoms with Gasteiger partial charge in [-0.1, -0.05) is 36.2 Å². The fourth-order valence-corrected chi connectivity index (χ4v) is 2.70. The van der Waals surface area contributed by atoms with Crippen molar-refractivity contribution in [2.75, 3.05) is 13.7 Å². The summed E-state index contributed by atoms with van der Waals surface area (Å²) < 4.78 is 5.22. The number of nitrogens with zero attached hydrogens (tertiary/aromatic N) is 1. The number of methoxy groups -OCH3 is 1. The van der Waals surface area contributed by atoms with Crippen LogP contribution in [0, 0.1) is 0 Å². The van der Waals surface area contributed by atoms with Gasteiger partial charge in [0.1, 0.15) is 5.75 Å². The lowest BCUT2D eigenvalue weighted by Crippen LogP contribution is -2.22. The lowest BCUT2D eigenvalue weighted by molar-refractivity contribution is 0.411. The highest BCUT2D eigenvalue weighted by molar-refractivity contribution is 6.36. The quantitative estimate of drug-likeness (QED) is 0.903. The molecular weight excluding hydrogens is 295 g/mol. The molecule has 2 rings (SSSR count). The van der Waals surface area contributed by atoms with Crippen LogP contribution in [0.4, 0.5) is 0 Å². The van der Waals surface area contributed by atoms with Crippen LogP contribution in [0.3, 0.4) is 0 Å². The number of benzene rings is 1. The maximum Gasteiger partial charge on any atom is 0.137 e. The summed E-state index contributed by atoms with van der Waals surface area (Å²) in [6.07, 6.45) is 3.45. The number of rotatable bonds is 5. The van der Waals surface area contributed by atoms with E-state index in [9.17, 15) is 0 Å². The van der Waals surface area contributed by atoms with Crippen LogP contribution in [0.5, 0.6) is 5.75 Å². The topological polar surface area (TPSA) is 34.2 Å². The first kappa shape index (κ1) is 15.1. The van der Waals surface area contributed by atoms with Crippen LogP contribution in [0.1, 0.15) is 24.1 Å². The summed E-state index contributed by atoms with van der Waals surface area (Å²) in [6, 6.07) is 7.31. The van der Waals surface area contributed by atoms with Crippen LogP contribution in [-0.4, -0.2) is 18.6 Å². The Balaban J connectivity index is 2.50. The number of pyridine rings is 1. The van der Waals surface area contributed by atoms with E-state index in [0.29, 0.717) is 15.8 Å². The van der Waals surface area contributed by atoms with E-state index in [2.05, 4.69) is 10.3 Å². The van der Waals surface area contributed by atoms with Gasteiger partial charge in [-0.05, 0) is 30.3 Å². The Morgan fingerprint density at radius 1 is 1.25 bits per heavy atom. The molecule has 20 heavy (non-hydrogen) atoms. The summed E-state index contributed by atoms with van der Waals surface area (Å²) in [6.45, 7) is 2.81. The Morgan fingerprint density at radius 3 is 2.55 bits per heavy atom. The number of aromatic nitrogens is 1. The molecule has 0 bridgehead atoms. The van der Waals surface area contributed by atoms with Crippen molar-refractivity contribution in [1.29, 1.82) is 0 Å². The Bertz CT molecular complexity index is 570. The van der Waals surface area contributed by atoms with E-state index in [1.807, 2.05) is 31.2 Å². The molecule has 2 aromatic rings. The van der Waals surface area contributed by atoms with E-state index >= 15 is 0 Å². The number of hydrogen-bond acceptors (Lipinski definition) is 3. The van der Waals surface area contributed by atoms with Gasteiger partial charge in [-0.15, -0.1) is 0 Å². The van der Waals surface area contributed by atoms with E-state index < -0.39 is 0 Å². The van der Waals surface area contributed by atoms with E-state index in [4.69, 9.17) is 27.9 Å². The second-order valence-electron chi connectivity index (χ2n) is 4.28. The summed E-state index contributed by atoms with van der Waals surface area (Å²) in [5.41, 5.74) is 1.81. The second-order valence-corrected chi connectivity index (χ2v) is 5.10. The zero-order chi connectivity index (χ0) is 14.5. The monoisotopic (exact) mass is 310 g/mol. The Labute approximate surface area is 128 Å². The summed E-state index contributed by atoms with van der Waals surface area (Å²) in [5, 5.41) is 4.65. The minimum atomic E-state index is -0.121. The van der Waals surface area contributed by atoms with Crippen molar-refractivity contribution in [3.8, 4) is 5.75 Å². The molecule has 0 aliphatic heterocycles. The molecule has 1 aromatic heterocycles.